The van der Waals surface area contributed by atoms with Crippen molar-refractivity contribution >= 4 is 64.6 Å². The highest BCUT2D eigenvalue weighted by atomic mass is 14.2. The molecule has 0 heteroatoms. The lowest BCUT2D eigenvalue weighted by molar-refractivity contribution is 1.61. The van der Waals surface area contributed by atoms with Crippen molar-refractivity contribution in [1.29, 1.82) is 0 Å². The smallest absolute Gasteiger partial charge is 0.00141 e. The zero-order valence-electron chi connectivity index (χ0n) is 26.3. The van der Waals surface area contributed by atoms with E-state index in [0.29, 0.717) is 0 Å². The van der Waals surface area contributed by atoms with Crippen LogP contribution in [0.25, 0.3) is 98.0 Å². The van der Waals surface area contributed by atoms with Gasteiger partial charge in [0.2, 0.25) is 0 Å². The molecule has 0 saturated carbocycles. The Bertz CT molecular complexity index is 2860. The molecule has 222 valence electrons. The highest BCUT2D eigenvalue weighted by Crippen LogP contribution is 2.49. The van der Waals surface area contributed by atoms with E-state index in [1.807, 2.05) is 0 Å². The molecular weight excluding hydrogens is 577 g/mol. The predicted octanol–water partition coefficient (Wildman–Crippen LogP) is 13.6. The van der Waals surface area contributed by atoms with Crippen LogP contribution in [0, 0.1) is 0 Å². The molecule has 0 unspecified atom stereocenters. The average Bonchev–Trinajstić information content (AvgIpc) is 3.17. The minimum atomic E-state index is 1.23. The van der Waals surface area contributed by atoms with Crippen molar-refractivity contribution in [3.8, 4) is 33.4 Å². The molecule has 0 atom stereocenters. The Morgan fingerprint density at radius 3 is 1.23 bits per heavy atom. The second-order valence-electron chi connectivity index (χ2n) is 12.8. The quantitative estimate of drug-likeness (QED) is 0.139. The molecule has 0 aliphatic carbocycles. The van der Waals surface area contributed by atoms with E-state index in [4.69, 9.17) is 0 Å². The van der Waals surface area contributed by atoms with Crippen LogP contribution < -0.4 is 0 Å². The normalized spacial score (nSPS) is 11.8. The maximum Gasteiger partial charge on any atom is -0.00141 e. The van der Waals surface area contributed by atoms with Crippen LogP contribution >= 0.6 is 0 Å². The SMILES string of the molecule is c1ccc(-c2ccc(-c3c4ccc5ccccc5c4c(-c4ccc5ccc6ccccc6c5c4)c4ccc5ccccc5c34)cc2)cc1. The molecular formula is C48H30. The van der Waals surface area contributed by atoms with Crippen molar-refractivity contribution in [3.63, 3.8) is 0 Å². The first-order chi connectivity index (χ1) is 23.8. The number of rotatable bonds is 3. The second-order valence-corrected chi connectivity index (χ2v) is 12.8. The van der Waals surface area contributed by atoms with Crippen molar-refractivity contribution < 1.29 is 0 Å². The molecule has 0 aliphatic rings. The molecule has 0 radical (unpaired) electrons. The van der Waals surface area contributed by atoms with Crippen LogP contribution in [0.3, 0.4) is 0 Å². The first kappa shape index (κ1) is 26.9. The molecule has 0 N–H and O–H groups in total. The molecule has 0 spiro atoms. The predicted molar refractivity (Wildman–Crippen MR) is 208 cm³/mol. The lowest BCUT2D eigenvalue weighted by atomic mass is 9.82. The van der Waals surface area contributed by atoms with E-state index < -0.39 is 0 Å². The van der Waals surface area contributed by atoms with Crippen molar-refractivity contribution in [1.82, 2.24) is 0 Å². The van der Waals surface area contributed by atoms with Crippen LogP contribution in [0.1, 0.15) is 0 Å². The fourth-order valence-electron chi connectivity index (χ4n) is 7.98. The van der Waals surface area contributed by atoms with Gasteiger partial charge in [-0.1, -0.05) is 176 Å². The third-order valence-electron chi connectivity index (χ3n) is 10.2. The van der Waals surface area contributed by atoms with Crippen LogP contribution in [0.5, 0.6) is 0 Å². The molecule has 0 aliphatic heterocycles. The molecule has 10 rings (SSSR count). The minimum absolute atomic E-state index is 1.23. The fourth-order valence-corrected chi connectivity index (χ4v) is 7.98. The van der Waals surface area contributed by atoms with Gasteiger partial charge in [0.05, 0.1) is 0 Å². The third kappa shape index (κ3) is 4.10. The number of hydrogen-bond acceptors (Lipinski definition) is 0. The van der Waals surface area contributed by atoms with E-state index in [2.05, 4.69) is 182 Å². The van der Waals surface area contributed by atoms with Gasteiger partial charge < -0.3 is 0 Å². The number of hydrogen-bond donors (Lipinski definition) is 0. The van der Waals surface area contributed by atoms with Gasteiger partial charge in [0.25, 0.3) is 0 Å². The van der Waals surface area contributed by atoms with E-state index in [9.17, 15) is 0 Å². The first-order valence-electron chi connectivity index (χ1n) is 16.7. The second kappa shape index (κ2) is 10.7. The van der Waals surface area contributed by atoms with Gasteiger partial charge in [-0.15, -0.1) is 0 Å². The molecule has 48 heavy (non-hydrogen) atoms. The molecule has 0 bridgehead atoms. The summed E-state index contributed by atoms with van der Waals surface area (Å²) in [6, 6.07) is 67.2. The summed E-state index contributed by atoms with van der Waals surface area (Å²) < 4.78 is 0. The van der Waals surface area contributed by atoms with E-state index in [0.717, 1.165) is 0 Å². The monoisotopic (exact) mass is 606 g/mol. The Labute approximate surface area is 279 Å². The fraction of sp³-hybridized carbons (Fsp3) is 0. The standard InChI is InChI=1S/C48H30/c1-2-10-31(11-3-1)32-18-23-37(24-19-32)45-42-28-26-35-14-6-9-17-41(35)48(42)46(43-29-27-34-13-5-8-16-40(34)47(43)45)38-25-22-36-21-20-33-12-4-7-15-39(33)44(36)30-38/h1-30H. The Balaban J connectivity index is 1.38. The Hall–Kier alpha value is -6.24. The summed E-state index contributed by atoms with van der Waals surface area (Å²) in [6.07, 6.45) is 0. The van der Waals surface area contributed by atoms with Crippen LogP contribution in [0.2, 0.25) is 0 Å². The van der Waals surface area contributed by atoms with E-state index in [1.165, 1.54) is 98.0 Å². The van der Waals surface area contributed by atoms with Crippen LogP contribution in [-0.4, -0.2) is 0 Å². The maximum absolute atomic E-state index is 2.43. The zero-order chi connectivity index (χ0) is 31.6. The van der Waals surface area contributed by atoms with Crippen molar-refractivity contribution in [2.45, 2.75) is 0 Å². The highest BCUT2D eigenvalue weighted by Gasteiger charge is 2.21. The first-order valence-corrected chi connectivity index (χ1v) is 16.7. The molecule has 0 nitrogen and oxygen atoms in total. The summed E-state index contributed by atoms with van der Waals surface area (Å²) in [6.45, 7) is 0. The van der Waals surface area contributed by atoms with Crippen molar-refractivity contribution in [3.05, 3.63) is 182 Å². The molecule has 10 aromatic carbocycles. The van der Waals surface area contributed by atoms with Gasteiger partial charge in [-0.05, 0) is 104 Å². The van der Waals surface area contributed by atoms with E-state index in [-0.39, 0.29) is 0 Å². The van der Waals surface area contributed by atoms with Crippen LogP contribution in [0.15, 0.2) is 182 Å². The third-order valence-corrected chi connectivity index (χ3v) is 10.2. The van der Waals surface area contributed by atoms with Gasteiger partial charge in [0, 0.05) is 0 Å². The number of fused-ring (bicyclic) bond motifs is 9. The summed E-state index contributed by atoms with van der Waals surface area (Å²) in [5, 5.41) is 15.3. The summed E-state index contributed by atoms with van der Waals surface area (Å²) >= 11 is 0. The summed E-state index contributed by atoms with van der Waals surface area (Å²) in [4.78, 5) is 0. The summed E-state index contributed by atoms with van der Waals surface area (Å²) in [5.41, 5.74) is 7.51. The van der Waals surface area contributed by atoms with Crippen molar-refractivity contribution in [2.24, 2.45) is 0 Å². The minimum Gasteiger partial charge on any atom is -0.0622 e. The maximum atomic E-state index is 2.43. The average molecular weight is 607 g/mol. The number of benzene rings is 10. The lowest BCUT2D eigenvalue weighted by Crippen LogP contribution is -1.93. The molecule has 0 saturated heterocycles. The van der Waals surface area contributed by atoms with Gasteiger partial charge >= 0.3 is 0 Å². The Kier molecular flexibility index (Phi) is 5.98. The molecule has 0 amide bonds. The molecule has 10 aromatic rings. The molecule has 0 aromatic heterocycles. The van der Waals surface area contributed by atoms with Crippen LogP contribution in [0.4, 0.5) is 0 Å². The van der Waals surface area contributed by atoms with Gasteiger partial charge in [0.15, 0.2) is 0 Å². The van der Waals surface area contributed by atoms with Crippen molar-refractivity contribution in [2.75, 3.05) is 0 Å². The van der Waals surface area contributed by atoms with E-state index in [1.54, 1.807) is 0 Å². The van der Waals surface area contributed by atoms with E-state index >= 15 is 0 Å². The summed E-state index contributed by atoms with van der Waals surface area (Å²) in [7, 11) is 0. The topological polar surface area (TPSA) is 0 Å². The molecule has 0 heterocycles. The van der Waals surface area contributed by atoms with Crippen LogP contribution in [-0.2, 0) is 0 Å². The zero-order valence-corrected chi connectivity index (χ0v) is 26.3. The van der Waals surface area contributed by atoms with Gasteiger partial charge in [0.1, 0.15) is 0 Å². The largest absolute Gasteiger partial charge is 0.0622 e. The summed E-state index contributed by atoms with van der Waals surface area (Å²) in [5.74, 6) is 0. The van der Waals surface area contributed by atoms with Gasteiger partial charge in [-0.3, -0.25) is 0 Å². The lowest BCUT2D eigenvalue weighted by Gasteiger charge is -2.21. The Morgan fingerprint density at radius 1 is 0.208 bits per heavy atom. The molecule has 0 fully saturated rings. The van der Waals surface area contributed by atoms with Gasteiger partial charge in [-0.25, -0.2) is 0 Å². The highest BCUT2D eigenvalue weighted by molar-refractivity contribution is 6.32. The Morgan fingerprint density at radius 2 is 0.604 bits per heavy atom. The van der Waals surface area contributed by atoms with Gasteiger partial charge in [-0.2, -0.15) is 0 Å².